The minimum absolute atomic E-state index is 0.0675. The third-order valence-corrected chi connectivity index (χ3v) is 5.21. The minimum atomic E-state index is -0.154. The van der Waals surface area contributed by atoms with Gasteiger partial charge in [0.15, 0.2) is 0 Å². The van der Waals surface area contributed by atoms with E-state index in [1.54, 1.807) is 33.3 Å². The Morgan fingerprint density at radius 3 is 2.73 bits per heavy atom. The molecule has 3 amide bonds. The second-order valence-corrected chi connectivity index (χ2v) is 7.19. The summed E-state index contributed by atoms with van der Waals surface area (Å²) in [6.07, 6.45) is 5.33. The number of hydrogen-bond acceptors (Lipinski definition) is 6. The van der Waals surface area contributed by atoms with Gasteiger partial charge < -0.3 is 19.3 Å². The molecule has 0 spiro atoms. The maximum absolute atomic E-state index is 12.8. The van der Waals surface area contributed by atoms with Gasteiger partial charge in [0.25, 0.3) is 0 Å². The maximum atomic E-state index is 12.8. The van der Waals surface area contributed by atoms with Crippen LogP contribution in [0.1, 0.15) is 13.3 Å². The number of likely N-dealkylation sites (tertiary alicyclic amines) is 1. The molecule has 158 valence electrons. The van der Waals surface area contributed by atoms with E-state index in [-0.39, 0.29) is 24.6 Å². The second-order valence-electron chi connectivity index (χ2n) is 7.19. The number of carbonyl (C=O) groups excluding carboxylic acids is 2. The van der Waals surface area contributed by atoms with Crippen LogP contribution in [0.15, 0.2) is 42.9 Å². The van der Waals surface area contributed by atoms with Crippen LogP contribution >= 0.6 is 0 Å². The molecule has 1 unspecified atom stereocenters. The van der Waals surface area contributed by atoms with Crippen molar-refractivity contribution in [1.29, 1.82) is 0 Å². The van der Waals surface area contributed by atoms with Gasteiger partial charge in [-0.2, -0.15) is 0 Å². The number of urea groups is 1. The number of carbonyl (C=O) groups is 2. The number of amides is 3. The Morgan fingerprint density at radius 1 is 1.17 bits per heavy atom. The van der Waals surface area contributed by atoms with Crippen LogP contribution in [0.3, 0.4) is 0 Å². The number of anilines is 1. The molecule has 2 aromatic rings. The molecular formula is C21H25N5O4. The molecule has 9 heteroatoms. The molecule has 2 fully saturated rings. The van der Waals surface area contributed by atoms with Crippen LogP contribution < -0.4 is 14.4 Å². The highest BCUT2D eigenvalue weighted by molar-refractivity contribution is 5.96. The number of aromatic nitrogens is 2. The molecule has 1 aromatic heterocycles. The number of nitrogens with zero attached hydrogens (tertiary/aromatic N) is 5. The monoisotopic (exact) mass is 411 g/mol. The fraction of sp³-hybridized carbons (Fsp3) is 0.429. The standard InChI is InChI=1S/C21H25N5O4/c1-2-29-17-5-3-16(4-6-17)26-12-11-25(21(26)28)15-20(27)24-10-7-18(14-24)30-19-13-22-8-9-23-19/h3-6,8-9,13,18H,2,7,10-12,14-15H2,1H3. The number of benzene rings is 1. The van der Waals surface area contributed by atoms with E-state index < -0.39 is 0 Å². The van der Waals surface area contributed by atoms with E-state index in [0.717, 1.165) is 17.9 Å². The molecule has 0 radical (unpaired) electrons. The first kappa shape index (κ1) is 19.9. The second kappa shape index (κ2) is 8.98. The fourth-order valence-corrected chi connectivity index (χ4v) is 3.69. The molecule has 1 aromatic carbocycles. The Kier molecular flexibility index (Phi) is 5.97. The summed E-state index contributed by atoms with van der Waals surface area (Å²) in [5, 5.41) is 0. The highest BCUT2D eigenvalue weighted by Gasteiger charge is 2.34. The zero-order valence-corrected chi connectivity index (χ0v) is 16.9. The van der Waals surface area contributed by atoms with E-state index in [4.69, 9.17) is 9.47 Å². The van der Waals surface area contributed by atoms with Crippen molar-refractivity contribution >= 4 is 17.6 Å². The smallest absolute Gasteiger partial charge is 0.325 e. The molecule has 1 atom stereocenters. The van der Waals surface area contributed by atoms with Crippen molar-refractivity contribution in [3.05, 3.63) is 42.9 Å². The van der Waals surface area contributed by atoms with Gasteiger partial charge in [0.05, 0.1) is 19.3 Å². The first-order valence-electron chi connectivity index (χ1n) is 10.1. The van der Waals surface area contributed by atoms with E-state index in [0.29, 0.717) is 38.7 Å². The lowest BCUT2D eigenvalue weighted by atomic mass is 10.3. The maximum Gasteiger partial charge on any atom is 0.325 e. The Bertz CT molecular complexity index is 877. The van der Waals surface area contributed by atoms with E-state index in [9.17, 15) is 9.59 Å². The van der Waals surface area contributed by atoms with Crippen molar-refractivity contribution in [3.8, 4) is 11.6 Å². The quantitative estimate of drug-likeness (QED) is 0.690. The van der Waals surface area contributed by atoms with Gasteiger partial charge in [-0.05, 0) is 31.2 Å². The van der Waals surface area contributed by atoms with E-state index >= 15 is 0 Å². The Labute approximate surface area is 175 Å². The molecule has 0 aliphatic carbocycles. The molecule has 9 nitrogen and oxygen atoms in total. The van der Waals surface area contributed by atoms with Gasteiger partial charge >= 0.3 is 6.03 Å². The first-order valence-corrected chi connectivity index (χ1v) is 10.1. The van der Waals surface area contributed by atoms with Gasteiger partial charge in [-0.25, -0.2) is 9.78 Å². The van der Waals surface area contributed by atoms with Gasteiger partial charge in [-0.1, -0.05) is 0 Å². The summed E-state index contributed by atoms with van der Waals surface area (Å²) < 4.78 is 11.2. The molecule has 2 aliphatic rings. The Morgan fingerprint density at radius 2 is 2.00 bits per heavy atom. The van der Waals surface area contributed by atoms with Crippen molar-refractivity contribution in [3.63, 3.8) is 0 Å². The van der Waals surface area contributed by atoms with Crippen LogP contribution in [0.2, 0.25) is 0 Å². The van der Waals surface area contributed by atoms with Crippen LogP contribution in [-0.2, 0) is 4.79 Å². The molecule has 3 heterocycles. The summed E-state index contributed by atoms with van der Waals surface area (Å²) in [5.41, 5.74) is 0.803. The van der Waals surface area contributed by atoms with Gasteiger partial charge in [-0.15, -0.1) is 0 Å². The molecule has 2 saturated heterocycles. The normalized spacial score (nSPS) is 18.8. The number of ether oxygens (including phenoxy) is 2. The summed E-state index contributed by atoms with van der Waals surface area (Å²) in [5.74, 6) is 1.16. The van der Waals surface area contributed by atoms with Crippen LogP contribution in [0.5, 0.6) is 11.6 Å². The fourth-order valence-electron chi connectivity index (χ4n) is 3.69. The van der Waals surface area contributed by atoms with E-state index in [1.807, 2.05) is 31.2 Å². The third-order valence-electron chi connectivity index (χ3n) is 5.21. The van der Waals surface area contributed by atoms with Crippen LogP contribution in [0.4, 0.5) is 10.5 Å². The van der Waals surface area contributed by atoms with Gasteiger partial charge in [0.1, 0.15) is 18.4 Å². The highest BCUT2D eigenvalue weighted by atomic mass is 16.5. The Balaban J connectivity index is 1.29. The Hall–Kier alpha value is -3.36. The predicted molar refractivity (Wildman–Crippen MR) is 110 cm³/mol. The van der Waals surface area contributed by atoms with Crippen molar-refractivity contribution in [2.45, 2.75) is 19.4 Å². The summed E-state index contributed by atoms with van der Waals surface area (Å²) in [7, 11) is 0. The summed E-state index contributed by atoms with van der Waals surface area (Å²) in [6.45, 7) is 4.76. The van der Waals surface area contributed by atoms with E-state index in [1.165, 1.54) is 0 Å². The van der Waals surface area contributed by atoms with Crippen molar-refractivity contribution in [2.24, 2.45) is 0 Å². The summed E-state index contributed by atoms with van der Waals surface area (Å²) in [4.78, 5) is 38.6. The first-order chi connectivity index (χ1) is 14.6. The third kappa shape index (κ3) is 4.45. The summed E-state index contributed by atoms with van der Waals surface area (Å²) in [6, 6.07) is 7.27. The lowest BCUT2D eigenvalue weighted by Crippen LogP contribution is -2.42. The molecule has 30 heavy (non-hydrogen) atoms. The van der Waals surface area contributed by atoms with E-state index in [2.05, 4.69) is 9.97 Å². The van der Waals surface area contributed by atoms with Crippen LogP contribution in [0, 0.1) is 0 Å². The van der Waals surface area contributed by atoms with Crippen molar-refractivity contribution in [2.75, 3.05) is 44.2 Å². The average molecular weight is 411 g/mol. The number of rotatable bonds is 7. The van der Waals surface area contributed by atoms with Crippen LogP contribution in [0.25, 0.3) is 0 Å². The van der Waals surface area contributed by atoms with Gasteiger partial charge in [0, 0.05) is 44.1 Å². The average Bonchev–Trinajstić information content (AvgIpc) is 3.37. The van der Waals surface area contributed by atoms with Crippen molar-refractivity contribution in [1.82, 2.24) is 19.8 Å². The topological polar surface area (TPSA) is 88.1 Å². The zero-order valence-electron chi connectivity index (χ0n) is 16.9. The zero-order chi connectivity index (χ0) is 20.9. The lowest BCUT2D eigenvalue weighted by molar-refractivity contribution is -0.130. The van der Waals surface area contributed by atoms with Gasteiger partial charge in [-0.3, -0.25) is 14.7 Å². The van der Waals surface area contributed by atoms with Crippen LogP contribution in [-0.4, -0.2) is 77.1 Å². The SMILES string of the molecule is CCOc1ccc(N2CCN(CC(=O)N3CCC(Oc4cnccn4)C3)C2=O)cc1. The molecular weight excluding hydrogens is 386 g/mol. The van der Waals surface area contributed by atoms with Gasteiger partial charge in [0.2, 0.25) is 11.8 Å². The van der Waals surface area contributed by atoms with Crippen molar-refractivity contribution < 1.29 is 19.1 Å². The molecule has 2 aliphatic heterocycles. The largest absolute Gasteiger partial charge is 0.494 e. The molecule has 0 bridgehead atoms. The molecule has 0 N–H and O–H groups in total. The highest BCUT2D eigenvalue weighted by Crippen LogP contribution is 2.24. The number of hydrogen-bond donors (Lipinski definition) is 0. The molecule has 4 rings (SSSR count). The minimum Gasteiger partial charge on any atom is -0.494 e. The molecule has 0 saturated carbocycles. The lowest BCUT2D eigenvalue weighted by Gasteiger charge is -2.22. The summed E-state index contributed by atoms with van der Waals surface area (Å²) >= 11 is 0. The predicted octanol–water partition coefficient (Wildman–Crippen LogP) is 1.80.